The number of aromatic nitrogens is 2. The molecule has 1 amide bonds. The second-order valence-electron chi connectivity index (χ2n) is 5.90. The highest BCUT2D eigenvalue weighted by Crippen LogP contribution is 2.31. The smallest absolute Gasteiger partial charge is 0.276 e. The van der Waals surface area contributed by atoms with Crippen LogP contribution in [0.1, 0.15) is 30.3 Å². The monoisotopic (exact) mass is 376 g/mol. The van der Waals surface area contributed by atoms with Crippen LogP contribution >= 0.6 is 11.6 Å². The van der Waals surface area contributed by atoms with Crippen LogP contribution in [0.3, 0.4) is 0 Å². The average molecular weight is 377 g/mol. The molecule has 0 N–H and O–H groups in total. The van der Waals surface area contributed by atoms with Crippen molar-refractivity contribution in [2.45, 2.75) is 26.3 Å². The van der Waals surface area contributed by atoms with Crippen molar-refractivity contribution in [3.8, 4) is 5.88 Å². The van der Waals surface area contributed by atoms with E-state index >= 15 is 0 Å². The van der Waals surface area contributed by atoms with E-state index in [2.05, 4.69) is 5.10 Å². The van der Waals surface area contributed by atoms with Crippen LogP contribution in [0.4, 0.5) is 0 Å². The largest absolute Gasteiger partial charge is 0.477 e. The first kappa shape index (κ1) is 17.5. The second-order valence-corrected chi connectivity index (χ2v) is 8.37. The Labute approximate surface area is 146 Å². The van der Waals surface area contributed by atoms with Gasteiger partial charge in [0.15, 0.2) is 5.69 Å². The first-order valence-corrected chi connectivity index (χ1v) is 10.1. The van der Waals surface area contributed by atoms with E-state index in [0.29, 0.717) is 51.6 Å². The van der Waals surface area contributed by atoms with E-state index < -0.39 is 10.0 Å². The number of hydrogen-bond donors (Lipinski definition) is 0. The van der Waals surface area contributed by atoms with Crippen LogP contribution in [-0.2, 0) is 16.6 Å². The maximum atomic E-state index is 12.7. The number of nitrogens with zero attached hydrogens (tertiary/aromatic N) is 4. The Bertz CT molecular complexity index is 725. The number of carbonyl (C=O) groups excluding carboxylic acids is 1. The molecular weight excluding hydrogens is 356 g/mol. The maximum Gasteiger partial charge on any atom is 0.276 e. The van der Waals surface area contributed by atoms with Gasteiger partial charge in [-0.2, -0.15) is 9.40 Å². The topological polar surface area (TPSA) is 84.7 Å². The summed E-state index contributed by atoms with van der Waals surface area (Å²) in [6.45, 7) is 4.34. The van der Waals surface area contributed by atoms with Gasteiger partial charge in [0.1, 0.15) is 5.02 Å². The predicted octanol–water partition coefficient (Wildman–Crippen LogP) is 0.817. The molecule has 8 nitrogen and oxygen atoms in total. The summed E-state index contributed by atoms with van der Waals surface area (Å²) >= 11 is 6.24. The molecule has 3 heterocycles. The van der Waals surface area contributed by atoms with E-state index in [1.807, 2.05) is 6.92 Å². The normalized spacial score (nSPS) is 19.0. The molecule has 2 aliphatic heterocycles. The summed E-state index contributed by atoms with van der Waals surface area (Å²) in [6, 6.07) is 0. The van der Waals surface area contributed by atoms with Crippen LogP contribution in [0.25, 0.3) is 0 Å². The highest BCUT2D eigenvalue weighted by Gasteiger charge is 2.32. The van der Waals surface area contributed by atoms with Gasteiger partial charge in [-0.15, -0.1) is 0 Å². The van der Waals surface area contributed by atoms with Crippen LogP contribution in [0.5, 0.6) is 5.88 Å². The quantitative estimate of drug-likeness (QED) is 0.776. The predicted molar refractivity (Wildman–Crippen MR) is 88.9 cm³/mol. The summed E-state index contributed by atoms with van der Waals surface area (Å²) in [5.41, 5.74) is 0.179. The maximum absolute atomic E-state index is 12.7. The molecule has 24 heavy (non-hydrogen) atoms. The number of carbonyl (C=O) groups is 1. The number of aryl methyl sites for hydroxylation is 1. The third-order valence-electron chi connectivity index (χ3n) is 4.19. The molecule has 1 aromatic heterocycles. The molecule has 0 saturated carbocycles. The lowest BCUT2D eigenvalue weighted by atomic mass is 10.3. The van der Waals surface area contributed by atoms with E-state index in [9.17, 15) is 13.2 Å². The molecule has 3 rings (SSSR count). The number of amides is 1. The van der Waals surface area contributed by atoms with Crippen molar-refractivity contribution in [1.82, 2.24) is 19.0 Å². The van der Waals surface area contributed by atoms with Crippen LogP contribution in [-0.4, -0.2) is 71.8 Å². The molecule has 0 unspecified atom stereocenters. The summed E-state index contributed by atoms with van der Waals surface area (Å²) < 4.78 is 32.7. The molecule has 10 heteroatoms. The van der Waals surface area contributed by atoms with Crippen molar-refractivity contribution in [3.05, 3.63) is 10.7 Å². The van der Waals surface area contributed by atoms with E-state index in [0.717, 1.165) is 6.42 Å². The third-order valence-corrected chi connectivity index (χ3v) is 6.60. The molecular formula is C14H21ClN4O4S. The minimum atomic E-state index is -3.23. The highest BCUT2D eigenvalue weighted by molar-refractivity contribution is 7.89. The van der Waals surface area contributed by atoms with Gasteiger partial charge in [0, 0.05) is 39.1 Å². The van der Waals surface area contributed by atoms with E-state index in [4.69, 9.17) is 16.3 Å². The lowest BCUT2D eigenvalue weighted by molar-refractivity contribution is 0.0691. The molecule has 0 aromatic carbocycles. The van der Waals surface area contributed by atoms with Crippen LogP contribution < -0.4 is 4.74 Å². The van der Waals surface area contributed by atoms with Crippen molar-refractivity contribution < 1.29 is 17.9 Å². The molecule has 1 fully saturated rings. The minimum absolute atomic E-state index is 0.137. The van der Waals surface area contributed by atoms with Gasteiger partial charge in [-0.05, 0) is 6.42 Å². The van der Waals surface area contributed by atoms with Crippen LogP contribution in [0.2, 0.25) is 5.02 Å². The molecule has 0 spiro atoms. The molecule has 1 aromatic rings. The van der Waals surface area contributed by atoms with E-state index in [1.165, 1.54) is 4.31 Å². The van der Waals surface area contributed by atoms with Crippen molar-refractivity contribution in [2.24, 2.45) is 0 Å². The molecule has 134 valence electrons. The average Bonchev–Trinajstić information content (AvgIpc) is 2.92. The Morgan fingerprint density at radius 1 is 1.25 bits per heavy atom. The van der Waals surface area contributed by atoms with Gasteiger partial charge in [-0.25, -0.2) is 13.1 Å². The lowest BCUT2D eigenvalue weighted by Gasteiger charge is -2.33. The van der Waals surface area contributed by atoms with Gasteiger partial charge in [0.2, 0.25) is 15.9 Å². The Kier molecular flexibility index (Phi) is 5.03. The van der Waals surface area contributed by atoms with Gasteiger partial charge < -0.3 is 9.64 Å². The third kappa shape index (κ3) is 3.25. The standard InChI is InChI=1S/C14H21ClN4O4S/c1-2-10-24(21,22)18-7-5-17(6-8-18)13(20)12-11(15)14-19(16-12)4-3-9-23-14/h2-10H2,1H3. The Balaban J connectivity index is 1.69. The Morgan fingerprint density at radius 3 is 2.58 bits per heavy atom. The van der Waals surface area contributed by atoms with Crippen molar-refractivity contribution in [2.75, 3.05) is 38.5 Å². The zero-order valence-corrected chi connectivity index (χ0v) is 15.1. The molecule has 0 atom stereocenters. The van der Waals surface area contributed by atoms with Crippen molar-refractivity contribution >= 4 is 27.5 Å². The van der Waals surface area contributed by atoms with E-state index in [1.54, 1.807) is 9.58 Å². The molecule has 2 aliphatic rings. The summed E-state index contributed by atoms with van der Waals surface area (Å²) in [5, 5.41) is 4.50. The zero-order valence-electron chi connectivity index (χ0n) is 13.6. The fourth-order valence-electron chi connectivity index (χ4n) is 2.94. The summed E-state index contributed by atoms with van der Waals surface area (Å²) in [4.78, 5) is 14.3. The summed E-state index contributed by atoms with van der Waals surface area (Å²) in [6.07, 6.45) is 1.41. The van der Waals surface area contributed by atoms with Gasteiger partial charge in [0.25, 0.3) is 5.91 Å². The fourth-order valence-corrected chi connectivity index (χ4v) is 4.70. The van der Waals surface area contributed by atoms with Gasteiger partial charge in [0.05, 0.1) is 12.4 Å². The SMILES string of the molecule is CCCS(=O)(=O)N1CCN(C(=O)c2nn3c(c2Cl)OCCC3)CC1. The molecule has 0 bridgehead atoms. The minimum Gasteiger partial charge on any atom is -0.477 e. The number of fused-ring (bicyclic) bond motifs is 1. The number of hydrogen-bond acceptors (Lipinski definition) is 5. The molecule has 1 saturated heterocycles. The van der Waals surface area contributed by atoms with Crippen molar-refractivity contribution in [3.63, 3.8) is 0 Å². The van der Waals surface area contributed by atoms with E-state index in [-0.39, 0.29) is 22.4 Å². The number of sulfonamides is 1. The van der Waals surface area contributed by atoms with Crippen molar-refractivity contribution in [1.29, 1.82) is 0 Å². The second kappa shape index (κ2) is 6.89. The fraction of sp³-hybridized carbons (Fsp3) is 0.714. The first-order valence-electron chi connectivity index (χ1n) is 8.10. The van der Waals surface area contributed by atoms with Gasteiger partial charge in [-0.1, -0.05) is 18.5 Å². The summed E-state index contributed by atoms with van der Waals surface area (Å²) in [5.74, 6) is 0.297. The number of halogens is 1. The number of ether oxygens (including phenoxy) is 1. The summed E-state index contributed by atoms with van der Waals surface area (Å²) in [7, 11) is -3.23. The lowest BCUT2D eigenvalue weighted by Crippen LogP contribution is -2.51. The zero-order chi connectivity index (χ0) is 17.3. The van der Waals surface area contributed by atoms with Gasteiger partial charge in [-0.3, -0.25) is 4.79 Å². The number of rotatable bonds is 4. The van der Waals surface area contributed by atoms with Gasteiger partial charge >= 0.3 is 0 Å². The van der Waals surface area contributed by atoms with Crippen LogP contribution in [0, 0.1) is 0 Å². The van der Waals surface area contributed by atoms with Crippen LogP contribution in [0.15, 0.2) is 0 Å². The molecule has 0 aliphatic carbocycles. The Hall–Kier alpha value is -1.32. The highest BCUT2D eigenvalue weighted by atomic mass is 35.5. The number of piperazine rings is 1. The molecule has 0 radical (unpaired) electrons. The Morgan fingerprint density at radius 2 is 1.96 bits per heavy atom. The first-order chi connectivity index (χ1) is 11.4.